The number of likely N-dealkylation sites (tertiary alicyclic amines) is 1. The summed E-state index contributed by atoms with van der Waals surface area (Å²) < 4.78 is 0. The molecule has 1 atom stereocenters. The molecule has 2 amide bonds. The normalized spacial score (nSPS) is 19.5. The third kappa shape index (κ3) is 4.30. The first kappa shape index (κ1) is 19.2. The van der Waals surface area contributed by atoms with Crippen molar-refractivity contribution >= 4 is 23.2 Å². The molecule has 0 radical (unpaired) electrons. The topological polar surface area (TPSA) is 40.6 Å². The number of nitrogens with zero attached hydrogens (tertiary/aromatic N) is 2. The number of rotatable bonds is 5. The Morgan fingerprint density at radius 1 is 1.14 bits per heavy atom. The third-order valence-corrected chi connectivity index (χ3v) is 6.56. The maximum Gasteiger partial charge on any atom is 0.253 e. The lowest BCUT2D eigenvalue weighted by Gasteiger charge is -2.35. The summed E-state index contributed by atoms with van der Waals surface area (Å²) in [4.78, 5) is 31.6. The molecule has 0 bridgehead atoms. The Bertz CT molecular complexity index is 837. The van der Waals surface area contributed by atoms with Crippen molar-refractivity contribution in [1.82, 2.24) is 9.80 Å². The van der Waals surface area contributed by atoms with Crippen LogP contribution in [0.4, 0.5) is 0 Å². The number of carbonyl (C=O) groups is 2. The van der Waals surface area contributed by atoms with Gasteiger partial charge in [-0.1, -0.05) is 23.3 Å². The average Bonchev–Trinajstić information content (AvgIpc) is 3.40. The molecule has 2 aromatic rings. The van der Waals surface area contributed by atoms with Gasteiger partial charge in [0.2, 0.25) is 5.91 Å². The molecule has 1 saturated heterocycles. The van der Waals surface area contributed by atoms with Crippen LogP contribution in [0.3, 0.4) is 0 Å². The van der Waals surface area contributed by atoms with Gasteiger partial charge >= 0.3 is 0 Å². The summed E-state index contributed by atoms with van der Waals surface area (Å²) in [5.74, 6) is 0.207. The SMILES string of the molecule is Cc1cc(C)cc(C(=O)N2CCCC(C(=O)N(Cc3cccs3)C3CC3)C2)c1. The van der Waals surface area contributed by atoms with Gasteiger partial charge in [0, 0.05) is 29.6 Å². The maximum atomic E-state index is 13.3. The molecule has 2 fully saturated rings. The summed E-state index contributed by atoms with van der Waals surface area (Å²) >= 11 is 1.71. The van der Waals surface area contributed by atoms with E-state index in [0.717, 1.165) is 48.9 Å². The fraction of sp³-hybridized carbons (Fsp3) is 0.478. The van der Waals surface area contributed by atoms with E-state index < -0.39 is 0 Å². The van der Waals surface area contributed by atoms with Crippen molar-refractivity contribution in [3.05, 3.63) is 57.3 Å². The van der Waals surface area contributed by atoms with Crippen LogP contribution in [0, 0.1) is 19.8 Å². The number of hydrogen-bond donors (Lipinski definition) is 0. The van der Waals surface area contributed by atoms with E-state index in [4.69, 9.17) is 0 Å². The predicted molar refractivity (Wildman–Crippen MR) is 112 cm³/mol. The zero-order valence-corrected chi connectivity index (χ0v) is 17.5. The van der Waals surface area contributed by atoms with Gasteiger partial charge < -0.3 is 9.80 Å². The van der Waals surface area contributed by atoms with E-state index in [1.54, 1.807) is 11.3 Å². The number of thiophene rings is 1. The van der Waals surface area contributed by atoms with Crippen molar-refractivity contribution in [1.29, 1.82) is 0 Å². The molecule has 4 rings (SSSR count). The summed E-state index contributed by atoms with van der Waals surface area (Å²) in [6.07, 6.45) is 3.98. The number of benzene rings is 1. The highest BCUT2D eigenvalue weighted by Crippen LogP contribution is 2.32. The van der Waals surface area contributed by atoms with E-state index in [2.05, 4.69) is 22.4 Å². The number of aryl methyl sites for hydroxylation is 2. The van der Waals surface area contributed by atoms with Crippen molar-refractivity contribution in [3.63, 3.8) is 0 Å². The smallest absolute Gasteiger partial charge is 0.253 e. The van der Waals surface area contributed by atoms with Gasteiger partial charge in [0.05, 0.1) is 12.5 Å². The minimum absolute atomic E-state index is 0.0560. The minimum atomic E-state index is -0.0795. The lowest BCUT2D eigenvalue weighted by molar-refractivity contribution is -0.138. The van der Waals surface area contributed by atoms with Crippen LogP contribution in [0.25, 0.3) is 0 Å². The van der Waals surface area contributed by atoms with Crippen LogP contribution in [-0.2, 0) is 11.3 Å². The fourth-order valence-corrected chi connectivity index (χ4v) is 4.92. The van der Waals surface area contributed by atoms with E-state index in [1.165, 1.54) is 4.88 Å². The summed E-state index contributed by atoms with van der Waals surface area (Å²) in [5.41, 5.74) is 2.94. The first-order valence-corrected chi connectivity index (χ1v) is 11.1. The molecule has 1 aromatic carbocycles. The van der Waals surface area contributed by atoms with Crippen LogP contribution < -0.4 is 0 Å². The zero-order valence-electron chi connectivity index (χ0n) is 16.7. The van der Waals surface area contributed by atoms with Crippen molar-refractivity contribution in [2.75, 3.05) is 13.1 Å². The molecule has 0 spiro atoms. The quantitative estimate of drug-likeness (QED) is 0.751. The van der Waals surface area contributed by atoms with Crippen LogP contribution in [0.15, 0.2) is 35.7 Å². The van der Waals surface area contributed by atoms with Crippen molar-refractivity contribution in [2.45, 2.75) is 52.1 Å². The Kier molecular flexibility index (Phi) is 5.54. The second-order valence-corrected chi connectivity index (χ2v) is 9.28. The number of amides is 2. The standard InChI is InChI=1S/C23H28N2O2S/c1-16-11-17(2)13-19(12-16)22(26)24-9-3-5-18(14-24)23(27)25(20-7-8-20)15-21-6-4-10-28-21/h4,6,10-13,18,20H,3,5,7-9,14-15H2,1-2H3. The lowest BCUT2D eigenvalue weighted by Crippen LogP contribution is -2.47. The second kappa shape index (κ2) is 8.08. The monoisotopic (exact) mass is 396 g/mol. The second-order valence-electron chi connectivity index (χ2n) is 8.24. The molecule has 2 aliphatic rings. The number of piperidine rings is 1. The molecule has 4 nitrogen and oxygen atoms in total. The van der Waals surface area contributed by atoms with Gasteiger partial charge in [-0.3, -0.25) is 9.59 Å². The van der Waals surface area contributed by atoms with Gasteiger partial charge in [-0.15, -0.1) is 11.3 Å². The number of carbonyl (C=O) groups excluding carboxylic acids is 2. The Labute approximate surface area is 171 Å². The van der Waals surface area contributed by atoms with Crippen LogP contribution in [-0.4, -0.2) is 40.7 Å². The molecule has 1 saturated carbocycles. The zero-order chi connectivity index (χ0) is 19.7. The lowest BCUT2D eigenvalue weighted by atomic mass is 9.95. The summed E-state index contributed by atoms with van der Waals surface area (Å²) in [7, 11) is 0. The van der Waals surface area contributed by atoms with Crippen molar-refractivity contribution < 1.29 is 9.59 Å². The molecule has 2 heterocycles. The average molecular weight is 397 g/mol. The van der Waals surface area contributed by atoms with Gasteiger partial charge in [0.25, 0.3) is 5.91 Å². The van der Waals surface area contributed by atoms with E-state index in [0.29, 0.717) is 19.1 Å². The van der Waals surface area contributed by atoms with Crippen LogP contribution in [0.5, 0.6) is 0 Å². The molecule has 5 heteroatoms. The Hall–Kier alpha value is -2.14. The number of hydrogen-bond acceptors (Lipinski definition) is 3. The molecule has 1 aliphatic carbocycles. The molecule has 0 N–H and O–H groups in total. The molecule has 148 valence electrons. The van der Waals surface area contributed by atoms with Crippen molar-refractivity contribution in [3.8, 4) is 0 Å². The van der Waals surface area contributed by atoms with Crippen molar-refractivity contribution in [2.24, 2.45) is 5.92 Å². The molecule has 1 unspecified atom stereocenters. The Balaban J connectivity index is 1.46. The summed E-state index contributed by atoms with van der Waals surface area (Å²) in [5, 5.41) is 2.07. The highest BCUT2D eigenvalue weighted by Gasteiger charge is 2.38. The third-order valence-electron chi connectivity index (χ3n) is 5.70. The van der Waals surface area contributed by atoms with Gasteiger partial charge in [0.1, 0.15) is 0 Å². The van der Waals surface area contributed by atoms with Gasteiger partial charge in [0.15, 0.2) is 0 Å². The van der Waals surface area contributed by atoms with Crippen LogP contribution in [0.1, 0.15) is 52.0 Å². The highest BCUT2D eigenvalue weighted by atomic mass is 32.1. The van der Waals surface area contributed by atoms with Crippen LogP contribution >= 0.6 is 11.3 Å². The molecule has 28 heavy (non-hydrogen) atoms. The molecular formula is C23H28N2O2S. The van der Waals surface area contributed by atoms with Gasteiger partial charge in [-0.25, -0.2) is 0 Å². The Morgan fingerprint density at radius 3 is 2.54 bits per heavy atom. The maximum absolute atomic E-state index is 13.3. The Morgan fingerprint density at radius 2 is 1.89 bits per heavy atom. The van der Waals surface area contributed by atoms with E-state index in [9.17, 15) is 9.59 Å². The highest BCUT2D eigenvalue weighted by molar-refractivity contribution is 7.09. The van der Waals surface area contributed by atoms with E-state index in [-0.39, 0.29) is 17.7 Å². The molecular weight excluding hydrogens is 368 g/mol. The predicted octanol–water partition coefficient (Wildman–Crippen LogP) is 4.41. The minimum Gasteiger partial charge on any atom is -0.338 e. The summed E-state index contributed by atoms with van der Waals surface area (Å²) in [6, 6.07) is 10.5. The van der Waals surface area contributed by atoms with Gasteiger partial charge in [-0.2, -0.15) is 0 Å². The molecule has 1 aliphatic heterocycles. The van der Waals surface area contributed by atoms with Gasteiger partial charge in [-0.05, 0) is 63.1 Å². The van der Waals surface area contributed by atoms with Crippen LogP contribution in [0.2, 0.25) is 0 Å². The first-order valence-electron chi connectivity index (χ1n) is 10.2. The molecule has 1 aromatic heterocycles. The van der Waals surface area contributed by atoms with E-state index >= 15 is 0 Å². The largest absolute Gasteiger partial charge is 0.338 e. The summed E-state index contributed by atoms with van der Waals surface area (Å²) in [6.45, 7) is 6.03. The first-order chi connectivity index (χ1) is 13.5. The van der Waals surface area contributed by atoms with E-state index in [1.807, 2.05) is 36.9 Å². The fourth-order valence-electron chi connectivity index (χ4n) is 4.22.